The minimum atomic E-state index is -0.828. The minimum absolute atomic E-state index is 0.112. The first-order valence-electron chi connectivity index (χ1n) is 35.4. The van der Waals surface area contributed by atoms with Crippen LogP contribution in [0.25, 0.3) is 0 Å². The normalized spacial score (nSPS) is 12.8. The molecule has 0 fully saturated rings. The van der Waals surface area contributed by atoms with E-state index in [1.165, 1.54) is 205 Å². The molecule has 0 bridgehead atoms. The van der Waals surface area contributed by atoms with Crippen molar-refractivity contribution in [2.24, 2.45) is 0 Å². The first kappa shape index (κ1) is 79.1. The molecule has 0 saturated carbocycles. The third-order valence-electron chi connectivity index (χ3n) is 15.3. The van der Waals surface area contributed by atoms with Crippen LogP contribution >= 0.6 is 0 Å². The molecular weight excluding hydrogens is 1020 g/mol. The van der Waals surface area contributed by atoms with Gasteiger partial charge in [-0.1, -0.05) is 323 Å². The summed E-state index contributed by atoms with van der Waals surface area (Å²) < 4.78 is 16.8. The smallest absolute Gasteiger partial charge is 0.309 e. The molecule has 0 N–H and O–H groups in total. The van der Waals surface area contributed by atoms with E-state index in [0.29, 0.717) is 12.8 Å². The van der Waals surface area contributed by atoms with Gasteiger partial charge >= 0.3 is 17.9 Å². The Morgan fingerprint density at radius 1 is 0.265 bits per heavy atom. The Morgan fingerprint density at radius 3 is 0.880 bits per heavy atom. The maximum Gasteiger partial charge on any atom is 0.309 e. The van der Waals surface area contributed by atoms with E-state index in [9.17, 15) is 14.4 Å². The Morgan fingerprint density at radius 2 is 0.518 bits per heavy atom. The number of rotatable bonds is 64. The van der Waals surface area contributed by atoms with Crippen LogP contribution in [0.2, 0.25) is 0 Å². The molecule has 0 aromatic carbocycles. The third-order valence-corrected chi connectivity index (χ3v) is 15.3. The fraction of sp³-hybridized carbons (Fsp3) is 0.727. The Bertz CT molecular complexity index is 1660. The van der Waals surface area contributed by atoms with Crippen LogP contribution in [0.4, 0.5) is 0 Å². The van der Waals surface area contributed by atoms with Crippen molar-refractivity contribution in [1.82, 2.24) is 0 Å². The molecule has 0 radical (unpaired) electrons. The van der Waals surface area contributed by atoms with Crippen molar-refractivity contribution in [2.75, 3.05) is 13.2 Å². The zero-order chi connectivity index (χ0) is 59.9. The summed E-state index contributed by atoms with van der Waals surface area (Å²) in [5, 5.41) is 0. The molecule has 0 amide bonds. The Kier molecular flexibility index (Phi) is 67.2. The molecular formula is C77H132O6. The average Bonchev–Trinajstić information content (AvgIpc) is 3.50. The van der Waals surface area contributed by atoms with E-state index in [0.717, 1.165) is 96.3 Å². The molecule has 6 nitrogen and oxygen atoms in total. The zero-order valence-electron chi connectivity index (χ0n) is 54.7. The SMILES string of the molecule is CC/C=C\C/C=C\C/C=C\C/C=C\C/C=C\CC(=O)OCC(COC(=O)CCCCCCCCCCCCCCCCCCCCC/C=C\CCCCCCCCCC)OC(=O)CCCCCCCC/C=C\C/C=C\C/C=C\CCCCC. The van der Waals surface area contributed by atoms with Gasteiger partial charge in [-0.2, -0.15) is 0 Å². The lowest BCUT2D eigenvalue weighted by Gasteiger charge is -2.18. The molecule has 0 aliphatic carbocycles. The van der Waals surface area contributed by atoms with E-state index in [4.69, 9.17) is 14.2 Å². The van der Waals surface area contributed by atoms with Crippen molar-refractivity contribution in [3.05, 3.63) is 109 Å². The van der Waals surface area contributed by atoms with Crippen LogP contribution in [0.15, 0.2) is 109 Å². The van der Waals surface area contributed by atoms with E-state index < -0.39 is 12.1 Å². The molecule has 0 heterocycles. The number of ether oxygens (including phenoxy) is 3. The van der Waals surface area contributed by atoms with Crippen molar-refractivity contribution in [3.8, 4) is 0 Å². The molecule has 0 saturated heterocycles. The summed E-state index contributed by atoms with van der Waals surface area (Å²) in [6.07, 6.45) is 97.3. The van der Waals surface area contributed by atoms with Gasteiger partial charge in [0, 0.05) is 12.8 Å². The van der Waals surface area contributed by atoms with Crippen LogP contribution in [0.1, 0.15) is 342 Å². The summed E-state index contributed by atoms with van der Waals surface area (Å²) in [5.41, 5.74) is 0. The number of carbonyl (C=O) groups excluding carboxylic acids is 3. The summed E-state index contributed by atoms with van der Waals surface area (Å²) in [6.45, 7) is 6.43. The quantitative estimate of drug-likeness (QED) is 0.0261. The number of unbranched alkanes of at least 4 members (excludes halogenated alkanes) is 36. The molecule has 476 valence electrons. The molecule has 0 rings (SSSR count). The summed E-state index contributed by atoms with van der Waals surface area (Å²) in [5.74, 6) is -1.05. The van der Waals surface area contributed by atoms with Crippen molar-refractivity contribution in [1.29, 1.82) is 0 Å². The predicted octanol–water partition coefficient (Wildman–Crippen LogP) is 24.6. The highest BCUT2D eigenvalue weighted by Crippen LogP contribution is 2.17. The maximum atomic E-state index is 12.9. The van der Waals surface area contributed by atoms with Gasteiger partial charge in [0.15, 0.2) is 6.10 Å². The molecule has 1 atom stereocenters. The molecule has 0 aliphatic rings. The predicted molar refractivity (Wildman–Crippen MR) is 362 cm³/mol. The Labute approximate surface area is 514 Å². The second-order valence-electron chi connectivity index (χ2n) is 23.4. The van der Waals surface area contributed by atoms with E-state index in [1.807, 2.05) is 6.08 Å². The molecule has 0 spiro atoms. The number of esters is 3. The summed E-state index contributed by atoms with van der Waals surface area (Å²) in [4.78, 5) is 38.3. The first-order valence-corrected chi connectivity index (χ1v) is 35.4. The Balaban J connectivity index is 4.29. The highest BCUT2D eigenvalue weighted by molar-refractivity contribution is 5.72. The van der Waals surface area contributed by atoms with Crippen LogP contribution in [0.3, 0.4) is 0 Å². The van der Waals surface area contributed by atoms with Gasteiger partial charge < -0.3 is 14.2 Å². The lowest BCUT2D eigenvalue weighted by Crippen LogP contribution is -2.30. The second-order valence-corrected chi connectivity index (χ2v) is 23.4. The highest BCUT2D eigenvalue weighted by Gasteiger charge is 2.19. The summed E-state index contributed by atoms with van der Waals surface area (Å²) in [6, 6.07) is 0. The van der Waals surface area contributed by atoms with Crippen molar-refractivity contribution in [2.45, 2.75) is 348 Å². The van der Waals surface area contributed by atoms with E-state index in [2.05, 4.69) is 118 Å². The highest BCUT2D eigenvalue weighted by atomic mass is 16.6. The van der Waals surface area contributed by atoms with Crippen molar-refractivity contribution >= 4 is 17.9 Å². The van der Waals surface area contributed by atoms with Gasteiger partial charge in [-0.15, -0.1) is 0 Å². The van der Waals surface area contributed by atoms with Crippen LogP contribution in [-0.2, 0) is 28.6 Å². The summed E-state index contributed by atoms with van der Waals surface area (Å²) >= 11 is 0. The number of hydrogen-bond acceptors (Lipinski definition) is 6. The average molecular weight is 1150 g/mol. The fourth-order valence-corrected chi connectivity index (χ4v) is 9.99. The van der Waals surface area contributed by atoms with E-state index >= 15 is 0 Å². The lowest BCUT2D eigenvalue weighted by molar-refractivity contribution is -0.166. The van der Waals surface area contributed by atoms with Crippen LogP contribution in [-0.4, -0.2) is 37.2 Å². The van der Waals surface area contributed by atoms with Crippen molar-refractivity contribution < 1.29 is 28.6 Å². The molecule has 83 heavy (non-hydrogen) atoms. The second kappa shape index (κ2) is 70.6. The van der Waals surface area contributed by atoms with Crippen LogP contribution < -0.4 is 0 Å². The molecule has 0 aliphatic heterocycles. The number of carbonyl (C=O) groups is 3. The van der Waals surface area contributed by atoms with E-state index in [1.54, 1.807) is 6.08 Å². The van der Waals surface area contributed by atoms with Gasteiger partial charge in [-0.25, -0.2) is 0 Å². The fourth-order valence-electron chi connectivity index (χ4n) is 9.99. The lowest BCUT2D eigenvalue weighted by atomic mass is 10.0. The van der Waals surface area contributed by atoms with E-state index in [-0.39, 0.29) is 31.6 Å². The van der Waals surface area contributed by atoms with Crippen LogP contribution in [0, 0.1) is 0 Å². The molecule has 6 heteroatoms. The molecule has 1 unspecified atom stereocenters. The maximum absolute atomic E-state index is 12.9. The van der Waals surface area contributed by atoms with Crippen molar-refractivity contribution in [3.63, 3.8) is 0 Å². The number of allylic oxidation sites excluding steroid dienone is 17. The van der Waals surface area contributed by atoms with Gasteiger partial charge in [0.2, 0.25) is 0 Å². The summed E-state index contributed by atoms with van der Waals surface area (Å²) in [7, 11) is 0. The van der Waals surface area contributed by atoms with Crippen LogP contribution in [0.5, 0.6) is 0 Å². The topological polar surface area (TPSA) is 78.9 Å². The largest absolute Gasteiger partial charge is 0.462 e. The molecule has 0 aromatic rings. The monoisotopic (exact) mass is 1150 g/mol. The first-order chi connectivity index (χ1) is 41.0. The van der Waals surface area contributed by atoms with Gasteiger partial charge in [0.05, 0.1) is 6.42 Å². The minimum Gasteiger partial charge on any atom is -0.462 e. The Hall–Kier alpha value is -3.93. The van der Waals surface area contributed by atoms with Gasteiger partial charge in [-0.05, 0) is 109 Å². The van der Waals surface area contributed by atoms with Gasteiger partial charge in [-0.3, -0.25) is 14.4 Å². The van der Waals surface area contributed by atoms with Gasteiger partial charge in [0.25, 0.3) is 0 Å². The standard InChI is InChI=1S/C77H132O6/c1-4-7-10-13-16-19-22-25-28-30-32-33-34-35-36-37-38-39-40-41-42-43-45-46-49-52-55-58-61-64-67-70-76(79)82-73-74(72-81-75(78)69-66-63-60-57-54-51-48-27-24-21-18-15-12-9-6-3)83-77(80)71-68-65-62-59-56-53-50-47-44-31-29-26-23-20-17-14-11-8-5-2/h9,12,17-18,20-21,26-27,29-30,32,44,47-48,54,57,63,66,74H,4-8,10-11,13-16,19,22-25,28,31,33-43,45-46,49-53,55-56,58-62,64-65,67-73H2,1-3H3/b12-9-,20-17-,21-18-,29-26-,32-30-,47-44-,48-27-,57-54-,66-63-. The molecule has 0 aromatic heterocycles. The van der Waals surface area contributed by atoms with Gasteiger partial charge in [0.1, 0.15) is 13.2 Å². The zero-order valence-corrected chi connectivity index (χ0v) is 54.7. The third kappa shape index (κ3) is 68.7. The number of hydrogen-bond donors (Lipinski definition) is 0.